The largest absolute Gasteiger partial charge is 0.492 e. The number of hydrogen-bond acceptors (Lipinski definition) is 4. The molecule has 0 saturated carbocycles. The van der Waals surface area contributed by atoms with E-state index in [0.29, 0.717) is 29.3 Å². The fraction of sp³-hybridized carbons (Fsp3) is 0.130. The number of nitrogens with one attached hydrogen (secondary N) is 3. The number of hydrogen-bond donors (Lipinski definition) is 3. The average Bonchev–Trinajstić information content (AvgIpc) is 2.74. The molecule has 3 aromatic rings. The molecule has 3 aromatic carbocycles. The smallest absolute Gasteiger partial charge is 0.257 e. The lowest BCUT2D eigenvalue weighted by atomic mass is 10.1. The van der Waals surface area contributed by atoms with Gasteiger partial charge in [-0.3, -0.25) is 9.59 Å². The first-order valence-electron chi connectivity index (χ1n) is 9.38. The van der Waals surface area contributed by atoms with Crippen LogP contribution in [0.5, 0.6) is 5.75 Å². The normalized spacial score (nSPS) is 10.1. The van der Waals surface area contributed by atoms with Crippen LogP contribution in [0, 0.1) is 0 Å². The molecule has 0 saturated heterocycles. The van der Waals surface area contributed by atoms with Gasteiger partial charge in [-0.05, 0) is 43.3 Å². The first-order chi connectivity index (χ1) is 14.2. The SMILES string of the molecule is CCOc1ccccc1NCC(=O)Nc1ccccc1C(=O)Nc1ccccc1. The van der Waals surface area contributed by atoms with E-state index < -0.39 is 0 Å². The van der Waals surface area contributed by atoms with Gasteiger partial charge in [0, 0.05) is 5.69 Å². The Hall–Kier alpha value is -3.80. The summed E-state index contributed by atoms with van der Waals surface area (Å²) in [6.07, 6.45) is 0. The molecule has 2 amide bonds. The molecule has 0 radical (unpaired) electrons. The predicted molar refractivity (Wildman–Crippen MR) is 116 cm³/mol. The third-order valence-corrected chi connectivity index (χ3v) is 4.10. The van der Waals surface area contributed by atoms with Crippen LogP contribution in [-0.4, -0.2) is 25.0 Å². The first-order valence-corrected chi connectivity index (χ1v) is 9.38. The van der Waals surface area contributed by atoms with Crippen molar-refractivity contribution in [3.63, 3.8) is 0 Å². The van der Waals surface area contributed by atoms with Crippen LogP contribution in [0.15, 0.2) is 78.9 Å². The summed E-state index contributed by atoms with van der Waals surface area (Å²) < 4.78 is 5.55. The molecule has 0 atom stereocenters. The number of carbonyl (C=O) groups is 2. The molecule has 3 N–H and O–H groups in total. The zero-order valence-electron chi connectivity index (χ0n) is 16.1. The van der Waals surface area contributed by atoms with Gasteiger partial charge >= 0.3 is 0 Å². The van der Waals surface area contributed by atoms with E-state index >= 15 is 0 Å². The molecule has 0 unspecified atom stereocenters. The lowest BCUT2D eigenvalue weighted by Gasteiger charge is -2.14. The van der Waals surface area contributed by atoms with Gasteiger partial charge in [-0.15, -0.1) is 0 Å². The van der Waals surface area contributed by atoms with Crippen LogP contribution >= 0.6 is 0 Å². The molecule has 0 aromatic heterocycles. The maximum Gasteiger partial charge on any atom is 0.257 e. The van der Waals surface area contributed by atoms with E-state index in [-0.39, 0.29) is 18.4 Å². The van der Waals surface area contributed by atoms with Crippen molar-refractivity contribution >= 4 is 28.9 Å². The summed E-state index contributed by atoms with van der Waals surface area (Å²) in [5, 5.41) is 8.69. The topological polar surface area (TPSA) is 79.5 Å². The molecule has 0 aliphatic heterocycles. The summed E-state index contributed by atoms with van der Waals surface area (Å²) in [6.45, 7) is 2.48. The maximum absolute atomic E-state index is 12.6. The highest BCUT2D eigenvalue weighted by molar-refractivity contribution is 6.10. The van der Waals surface area contributed by atoms with Gasteiger partial charge in [0.1, 0.15) is 5.75 Å². The van der Waals surface area contributed by atoms with Crippen LogP contribution < -0.4 is 20.7 Å². The minimum atomic E-state index is -0.290. The molecular weight excluding hydrogens is 366 g/mol. The summed E-state index contributed by atoms with van der Waals surface area (Å²) in [4.78, 5) is 25.1. The van der Waals surface area contributed by atoms with E-state index in [9.17, 15) is 9.59 Å². The van der Waals surface area contributed by atoms with Crippen molar-refractivity contribution in [2.24, 2.45) is 0 Å². The molecule has 29 heavy (non-hydrogen) atoms. The van der Waals surface area contributed by atoms with Crippen LogP contribution in [0.2, 0.25) is 0 Å². The second kappa shape index (κ2) is 9.94. The molecule has 6 nitrogen and oxygen atoms in total. The van der Waals surface area contributed by atoms with E-state index in [1.165, 1.54) is 0 Å². The Morgan fingerprint density at radius 2 is 1.45 bits per heavy atom. The maximum atomic E-state index is 12.6. The Morgan fingerprint density at radius 1 is 0.793 bits per heavy atom. The molecule has 0 aliphatic carbocycles. The quantitative estimate of drug-likeness (QED) is 0.534. The number of ether oxygens (including phenoxy) is 1. The molecule has 0 fully saturated rings. The fourth-order valence-corrected chi connectivity index (χ4v) is 2.77. The molecule has 6 heteroatoms. The van der Waals surface area contributed by atoms with Gasteiger partial charge in [0.05, 0.1) is 30.1 Å². The Balaban J connectivity index is 1.64. The van der Waals surface area contributed by atoms with Crippen molar-refractivity contribution in [2.45, 2.75) is 6.92 Å². The highest BCUT2D eigenvalue weighted by atomic mass is 16.5. The second-order valence-corrected chi connectivity index (χ2v) is 6.20. The third kappa shape index (κ3) is 5.59. The van der Waals surface area contributed by atoms with Crippen LogP contribution in [-0.2, 0) is 4.79 Å². The molecular formula is C23H23N3O3. The van der Waals surface area contributed by atoms with Gasteiger partial charge in [-0.1, -0.05) is 42.5 Å². The third-order valence-electron chi connectivity index (χ3n) is 4.10. The Morgan fingerprint density at radius 3 is 2.21 bits per heavy atom. The molecule has 0 spiro atoms. The van der Waals surface area contributed by atoms with Crippen LogP contribution in [0.1, 0.15) is 17.3 Å². The van der Waals surface area contributed by atoms with E-state index in [2.05, 4.69) is 16.0 Å². The Labute approximate surface area is 169 Å². The number of rotatable bonds is 8. The predicted octanol–water partition coefficient (Wildman–Crippen LogP) is 4.39. The minimum Gasteiger partial charge on any atom is -0.492 e. The van der Waals surface area contributed by atoms with Crippen molar-refractivity contribution in [3.05, 3.63) is 84.4 Å². The second-order valence-electron chi connectivity index (χ2n) is 6.20. The van der Waals surface area contributed by atoms with Crippen molar-refractivity contribution in [1.82, 2.24) is 0 Å². The fourth-order valence-electron chi connectivity index (χ4n) is 2.77. The van der Waals surface area contributed by atoms with Crippen molar-refractivity contribution < 1.29 is 14.3 Å². The summed E-state index contributed by atoms with van der Waals surface area (Å²) in [6, 6.07) is 23.5. The van der Waals surface area contributed by atoms with Crippen LogP contribution in [0.25, 0.3) is 0 Å². The van der Waals surface area contributed by atoms with Crippen molar-refractivity contribution in [1.29, 1.82) is 0 Å². The summed E-state index contributed by atoms with van der Waals surface area (Å²) in [7, 11) is 0. The van der Waals surface area contributed by atoms with Gasteiger partial charge < -0.3 is 20.7 Å². The summed E-state index contributed by atoms with van der Waals surface area (Å²) in [5.74, 6) is 0.128. The number of para-hydroxylation sites is 4. The van der Waals surface area contributed by atoms with E-state index in [1.807, 2.05) is 49.4 Å². The van der Waals surface area contributed by atoms with Gasteiger partial charge in [-0.25, -0.2) is 0 Å². The lowest BCUT2D eigenvalue weighted by Crippen LogP contribution is -2.24. The van der Waals surface area contributed by atoms with Gasteiger partial charge in [0.25, 0.3) is 5.91 Å². The van der Waals surface area contributed by atoms with Crippen LogP contribution in [0.3, 0.4) is 0 Å². The molecule has 0 bridgehead atoms. The van der Waals surface area contributed by atoms with Crippen LogP contribution in [0.4, 0.5) is 17.1 Å². The highest BCUT2D eigenvalue weighted by Crippen LogP contribution is 2.23. The lowest BCUT2D eigenvalue weighted by molar-refractivity contribution is -0.114. The van der Waals surface area contributed by atoms with E-state index in [1.54, 1.807) is 36.4 Å². The molecule has 3 rings (SSSR count). The first kappa shape index (κ1) is 19.9. The number of anilines is 3. The van der Waals surface area contributed by atoms with Crippen molar-refractivity contribution in [2.75, 3.05) is 29.1 Å². The monoisotopic (exact) mass is 389 g/mol. The number of amides is 2. The van der Waals surface area contributed by atoms with Gasteiger partial charge in [-0.2, -0.15) is 0 Å². The van der Waals surface area contributed by atoms with E-state index in [4.69, 9.17) is 4.74 Å². The Bertz CT molecular complexity index is 974. The van der Waals surface area contributed by atoms with Gasteiger partial charge in [0.2, 0.25) is 5.91 Å². The van der Waals surface area contributed by atoms with Gasteiger partial charge in [0.15, 0.2) is 0 Å². The number of carbonyl (C=O) groups excluding carboxylic acids is 2. The highest BCUT2D eigenvalue weighted by Gasteiger charge is 2.13. The number of benzene rings is 3. The minimum absolute atomic E-state index is 0.0404. The van der Waals surface area contributed by atoms with E-state index in [0.717, 1.165) is 5.69 Å². The summed E-state index contributed by atoms with van der Waals surface area (Å²) in [5.41, 5.74) is 2.26. The standard InChI is InChI=1S/C23H23N3O3/c1-2-29-21-15-9-8-14-20(21)24-16-22(27)26-19-13-7-6-12-18(19)23(28)25-17-10-4-3-5-11-17/h3-15,24H,2,16H2,1H3,(H,25,28)(H,26,27). The van der Waals surface area contributed by atoms with Crippen molar-refractivity contribution in [3.8, 4) is 5.75 Å². The molecule has 0 heterocycles. The molecule has 148 valence electrons. The zero-order chi connectivity index (χ0) is 20.5. The summed E-state index contributed by atoms with van der Waals surface area (Å²) >= 11 is 0. The molecule has 0 aliphatic rings. The zero-order valence-corrected chi connectivity index (χ0v) is 16.1. The average molecular weight is 389 g/mol. The Kier molecular flexibility index (Phi) is 6.84.